The van der Waals surface area contributed by atoms with E-state index in [1.807, 2.05) is 13.8 Å². The van der Waals surface area contributed by atoms with Crippen molar-refractivity contribution in [2.75, 3.05) is 7.11 Å². The normalized spacial score (nSPS) is 10.7. The summed E-state index contributed by atoms with van der Waals surface area (Å²) in [5.74, 6) is -0.854. The van der Waals surface area contributed by atoms with Gasteiger partial charge in [0.05, 0.1) is 24.2 Å². The third-order valence-electron chi connectivity index (χ3n) is 3.09. The molecule has 0 radical (unpaired) electrons. The molecule has 6 nitrogen and oxygen atoms in total. The first-order chi connectivity index (χ1) is 8.93. The smallest absolute Gasteiger partial charge is 0.313 e. The van der Waals surface area contributed by atoms with E-state index < -0.39 is 5.97 Å². The molecule has 2 aromatic rings. The average molecular weight is 261 g/mol. The number of hydrogen-bond donors (Lipinski definition) is 0. The van der Waals surface area contributed by atoms with Crippen molar-refractivity contribution >= 4 is 22.9 Å². The number of esters is 1. The summed E-state index contributed by atoms with van der Waals surface area (Å²) in [6.45, 7) is 3.73. The standard InChI is InChI=1S/C13H15N3O3/c1-7-8(2)15-13-9(14-7)5-10(16(13)3)11(17)6-12(18)19-4/h5H,6H2,1-4H3. The van der Waals surface area contributed by atoms with Crippen molar-refractivity contribution in [1.29, 1.82) is 0 Å². The van der Waals surface area contributed by atoms with Gasteiger partial charge in [-0.2, -0.15) is 0 Å². The molecular formula is C13H15N3O3. The third-order valence-corrected chi connectivity index (χ3v) is 3.09. The summed E-state index contributed by atoms with van der Waals surface area (Å²) >= 11 is 0. The van der Waals surface area contributed by atoms with Crippen LogP contribution in [0.2, 0.25) is 0 Å². The Balaban J connectivity index is 2.48. The van der Waals surface area contributed by atoms with Crippen molar-refractivity contribution in [3.05, 3.63) is 23.1 Å². The van der Waals surface area contributed by atoms with Crippen LogP contribution in [-0.2, 0) is 16.6 Å². The highest BCUT2D eigenvalue weighted by Gasteiger charge is 2.18. The highest BCUT2D eigenvalue weighted by atomic mass is 16.5. The Bertz CT molecular complexity index is 673. The predicted octanol–water partition coefficient (Wildman–Crippen LogP) is 1.33. The monoisotopic (exact) mass is 261 g/mol. The molecule has 2 rings (SSSR count). The van der Waals surface area contributed by atoms with Gasteiger partial charge in [0, 0.05) is 7.05 Å². The molecule has 0 aromatic carbocycles. The fraction of sp³-hybridized carbons (Fsp3) is 0.385. The number of aryl methyl sites for hydroxylation is 3. The Kier molecular flexibility index (Phi) is 3.33. The Morgan fingerprint density at radius 2 is 1.89 bits per heavy atom. The van der Waals surface area contributed by atoms with E-state index in [2.05, 4.69) is 14.7 Å². The average Bonchev–Trinajstić information content (AvgIpc) is 2.67. The molecule has 0 saturated carbocycles. The van der Waals surface area contributed by atoms with Crippen LogP contribution in [0.15, 0.2) is 6.07 Å². The van der Waals surface area contributed by atoms with Crippen LogP contribution in [0, 0.1) is 13.8 Å². The lowest BCUT2D eigenvalue weighted by Crippen LogP contribution is -2.12. The zero-order chi connectivity index (χ0) is 14.2. The van der Waals surface area contributed by atoms with E-state index in [9.17, 15) is 9.59 Å². The quantitative estimate of drug-likeness (QED) is 0.473. The SMILES string of the molecule is COC(=O)CC(=O)c1cc2nc(C)c(C)nc2n1C. The molecule has 0 aliphatic rings. The number of aromatic nitrogens is 3. The Labute approximate surface area is 110 Å². The minimum atomic E-state index is -0.552. The van der Waals surface area contributed by atoms with Gasteiger partial charge in [-0.3, -0.25) is 9.59 Å². The van der Waals surface area contributed by atoms with Gasteiger partial charge >= 0.3 is 5.97 Å². The van der Waals surface area contributed by atoms with Crippen LogP contribution in [0.3, 0.4) is 0 Å². The molecule has 0 fully saturated rings. The summed E-state index contributed by atoms with van der Waals surface area (Å²) in [4.78, 5) is 31.9. The highest BCUT2D eigenvalue weighted by Crippen LogP contribution is 2.18. The first-order valence-corrected chi connectivity index (χ1v) is 5.84. The Morgan fingerprint density at radius 3 is 2.53 bits per heavy atom. The third kappa shape index (κ3) is 2.33. The minimum absolute atomic E-state index is 0.279. The van der Waals surface area contributed by atoms with Gasteiger partial charge in [0.2, 0.25) is 0 Å². The molecule has 0 atom stereocenters. The molecular weight excluding hydrogens is 246 g/mol. The Morgan fingerprint density at radius 1 is 1.26 bits per heavy atom. The van der Waals surface area contributed by atoms with E-state index in [4.69, 9.17) is 0 Å². The lowest BCUT2D eigenvalue weighted by atomic mass is 10.2. The number of hydrogen-bond acceptors (Lipinski definition) is 5. The number of fused-ring (bicyclic) bond motifs is 1. The van der Waals surface area contributed by atoms with Gasteiger partial charge in [-0.1, -0.05) is 0 Å². The van der Waals surface area contributed by atoms with E-state index in [1.165, 1.54) is 7.11 Å². The first kappa shape index (κ1) is 13.2. The molecule has 0 bridgehead atoms. The summed E-state index contributed by atoms with van der Waals surface area (Å²) in [6.07, 6.45) is -0.279. The van der Waals surface area contributed by atoms with Crippen molar-refractivity contribution in [3.8, 4) is 0 Å². The zero-order valence-corrected chi connectivity index (χ0v) is 11.4. The molecule has 0 unspecified atom stereocenters. The fourth-order valence-corrected chi connectivity index (χ4v) is 1.85. The number of methoxy groups -OCH3 is 1. The number of carbonyl (C=O) groups excluding carboxylic acids is 2. The summed E-state index contributed by atoms with van der Waals surface area (Å²) in [7, 11) is 2.99. The van der Waals surface area contributed by atoms with Gasteiger partial charge in [0.15, 0.2) is 11.4 Å². The van der Waals surface area contributed by atoms with E-state index in [1.54, 1.807) is 17.7 Å². The Hall–Kier alpha value is -2.24. The zero-order valence-electron chi connectivity index (χ0n) is 11.4. The van der Waals surface area contributed by atoms with Crippen LogP contribution in [0.1, 0.15) is 28.3 Å². The topological polar surface area (TPSA) is 74.1 Å². The molecule has 0 spiro atoms. The van der Waals surface area contributed by atoms with Crippen LogP contribution in [0.5, 0.6) is 0 Å². The van der Waals surface area contributed by atoms with Crippen LogP contribution in [-0.4, -0.2) is 33.4 Å². The highest BCUT2D eigenvalue weighted by molar-refractivity contribution is 6.06. The predicted molar refractivity (Wildman–Crippen MR) is 68.9 cm³/mol. The maximum absolute atomic E-state index is 12.0. The van der Waals surface area contributed by atoms with E-state index in [0.717, 1.165) is 11.4 Å². The first-order valence-electron chi connectivity index (χ1n) is 5.84. The fourth-order valence-electron chi connectivity index (χ4n) is 1.85. The molecule has 100 valence electrons. The molecule has 0 aliphatic carbocycles. The molecule has 0 saturated heterocycles. The summed E-state index contributed by atoms with van der Waals surface area (Å²) in [6, 6.07) is 1.65. The number of nitrogens with zero attached hydrogens (tertiary/aromatic N) is 3. The summed E-state index contributed by atoms with van der Waals surface area (Å²) in [5, 5.41) is 0. The number of ketones is 1. The van der Waals surface area contributed by atoms with E-state index in [-0.39, 0.29) is 12.2 Å². The second-order valence-corrected chi connectivity index (χ2v) is 4.37. The van der Waals surface area contributed by atoms with Crippen LogP contribution < -0.4 is 0 Å². The van der Waals surface area contributed by atoms with E-state index in [0.29, 0.717) is 16.9 Å². The minimum Gasteiger partial charge on any atom is -0.469 e. The van der Waals surface area contributed by atoms with Crippen molar-refractivity contribution < 1.29 is 14.3 Å². The van der Waals surface area contributed by atoms with Crippen LogP contribution in [0.4, 0.5) is 0 Å². The summed E-state index contributed by atoms with van der Waals surface area (Å²) < 4.78 is 6.15. The molecule has 0 N–H and O–H groups in total. The lowest BCUT2D eigenvalue weighted by molar-refractivity contribution is -0.139. The molecule has 6 heteroatoms. The molecule has 2 heterocycles. The molecule has 0 amide bonds. The maximum Gasteiger partial charge on any atom is 0.313 e. The molecule has 2 aromatic heterocycles. The van der Waals surface area contributed by atoms with E-state index >= 15 is 0 Å². The largest absolute Gasteiger partial charge is 0.469 e. The van der Waals surface area contributed by atoms with Crippen LogP contribution >= 0.6 is 0 Å². The maximum atomic E-state index is 12.0. The number of Topliss-reactive ketones (excluding diaryl/α,β-unsaturated/α-hetero) is 1. The number of rotatable bonds is 3. The van der Waals surface area contributed by atoms with Gasteiger partial charge in [-0.05, 0) is 19.9 Å². The van der Waals surface area contributed by atoms with Gasteiger partial charge in [-0.15, -0.1) is 0 Å². The van der Waals surface area contributed by atoms with Gasteiger partial charge in [-0.25, -0.2) is 9.97 Å². The van der Waals surface area contributed by atoms with Gasteiger partial charge in [0.1, 0.15) is 11.9 Å². The van der Waals surface area contributed by atoms with Crippen LogP contribution in [0.25, 0.3) is 11.2 Å². The van der Waals surface area contributed by atoms with Crippen molar-refractivity contribution in [3.63, 3.8) is 0 Å². The van der Waals surface area contributed by atoms with Crippen molar-refractivity contribution in [1.82, 2.24) is 14.5 Å². The number of ether oxygens (including phenoxy) is 1. The number of carbonyl (C=O) groups is 2. The van der Waals surface area contributed by atoms with Crippen molar-refractivity contribution in [2.45, 2.75) is 20.3 Å². The molecule has 0 aliphatic heterocycles. The van der Waals surface area contributed by atoms with Gasteiger partial charge in [0.25, 0.3) is 0 Å². The lowest BCUT2D eigenvalue weighted by Gasteiger charge is -2.03. The molecule has 19 heavy (non-hydrogen) atoms. The summed E-state index contributed by atoms with van der Waals surface area (Å²) in [5.41, 5.74) is 3.34. The van der Waals surface area contributed by atoms with Crippen molar-refractivity contribution in [2.24, 2.45) is 7.05 Å². The second kappa shape index (κ2) is 4.79. The van der Waals surface area contributed by atoms with Gasteiger partial charge < -0.3 is 9.30 Å². The second-order valence-electron chi connectivity index (χ2n) is 4.37.